The summed E-state index contributed by atoms with van der Waals surface area (Å²) in [7, 11) is 1.67. The SMILES string of the molecule is COc1cccc(CC(CN)CN)c1. The van der Waals surface area contributed by atoms with Crippen molar-refractivity contribution in [1.29, 1.82) is 0 Å². The van der Waals surface area contributed by atoms with Gasteiger partial charge in [-0.25, -0.2) is 0 Å². The number of ether oxygens (including phenoxy) is 1. The fraction of sp³-hybridized carbons (Fsp3) is 0.455. The van der Waals surface area contributed by atoms with Crippen molar-refractivity contribution in [3.63, 3.8) is 0 Å². The molecule has 0 aliphatic heterocycles. The summed E-state index contributed by atoms with van der Waals surface area (Å²) >= 11 is 0. The number of hydrogen-bond donors (Lipinski definition) is 2. The number of hydrogen-bond acceptors (Lipinski definition) is 3. The highest BCUT2D eigenvalue weighted by atomic mass is 16.5. The predicted molar refractivity (Wildman–Crippen MR) is 58.3 cm³/mol. The normalized spacial score (nSPS) is 10.6. The number of benzene rings is 1. The quantitative estimate of drug-likeness (QED) is 0.728. The standard InChI is InChI=1S/C11H18N2O/c1-14-11-4-2-3-9(6-11)5-10(7-12)8-13/h2-4,6,10H,5,7-8,12-13H2,1H3. The van der Waals surface area contributed by atoms with Gasteiger partial charge in [0, 0.05) is 0 Å². The van der Waals surface area contributed by atoms with Crippen molar-refractivity contribution in [3.05, 3.63) is 29.8 Å². The molecule has 0 unspecified atom stereocenters. The molecule has 0 radical (unpaired) electrons. The summed E-state index contributed by atoms with van der Waals surface area (Å²) in [6.07, 6.45) is 0.921. The highest BCUT2D eigenvalue weighted by molar-refractivity contribution is 5.28. The first-order chi connectivity index (χ1) is 6.80. The second-order valence-corrected chi connectivity index (χ2v) is 3.39. The van der Waals surface area contributed by atoms with Gasteiger partial charge in [-0.3, -0.25) is 0 Å². The summed E-state index contributed by atoms with van der Waals surface area (Å²) in [5.74, 6) is 1.25. The smallest absolute Gasteiger partial charge is 0.119 e. The number of methoxy groups -OCH3 is 1. The van der Waals surface area contributed by atoms with Gasteiger partial charge >= 0.3 is 0 Å². The average Bonchev–Trinajstić information content (AvgIpc) is 2.26. The summed E-state index contributed by atoms with van der Waals surface area (Å²) in [6.45, 7) is 1.27. The Hall–Kier alpha value is -1.06. The molecule has 0 spiro atoms. The molecule has 1 aromatic carbocycles. The molecule has 0 amide bonds. The van der Waals surface area contributed by atoms with Crippen LogP contribution in [-0.4, -0.2) is 20.2 Å². The van der Waals surface area contributed by atoms with E-state index < -0.39 is 0 Å². The monoisotopic (exact) mass is 194 g/mol. The number of rotatable bonds is 5. The van der Waals surface area contributed by atoms with Crippen LogP contribution in [0.2, 0.25) is 0 Å². The first-order valence-electron chi connectivity index (χ1n) is 4.83. The summed E-state index contributed by atoms with van der Waals surface area (Å²) in [6, 6.07) is 8.01. The molecule has 3 heteroatoms. The van der Waals surface area contributed by atoms with Crippen LogP contribution in [0.5, 0.6) is 5.75 Å². The van der Waals surface area contributed by atoms with Crippen molar-refractivity contribution < 1.29 is 4.74 Å². The maximum atomic E-state index is 5.59. The average molecular weight is 194 g/mol. The van der Waals surface area contributed by atoms with Crippen LogP contribution in [0.15, 0.2) is 24.3 Å². The molecule has 14 heavy (non-hydrogen) atoms. The van der Waals surface area contributed by atoms with Gasteiger partial charge in [0.2, 0.25) is 0 Å². The van der Waals surface area contributed by atoms with Crippen LogP contribution < -0.4 is 16.2 Å². The molecule has 3 nitrogen and oxygen atoms in total. The number of nitrogens with two attached hydrogens (primary N) is 2. The van der Waals surface area contributed by atoms with Crippen molar-refractivity contribution in [2.75, 3.05) is 20.2 Å². The van der Waals surface area contributed by atoms with Crippen molar-refractivity contribution in [2.45, 2.75) is 6.42 Å². The molecule has 0 fully saturated rings. The molecule has 1 aromatic rings. The summed E-state index contributed by atoms with van der Waals surface area (Å²) in [5, 5.41) is 0. The molecule has 4 N–H and O–H groups in total. The lowest BCUT2D eigenvalue weighted by Crippen LogP contribution is -2.25. The summed E-state index contributed by atoms with van der Waals surface area (Å²) < 4.78 is 5.14. The van der Waals surface area contributed by atoms with E-state index in [1.165, 1.54) is 5.56 Å². The Morgan fingerprint density at radius 3 is 2.57 bits per heavy atom. The maximum Gasteiger partial charge on any atom is 0.119 e. The molecule has 0 saturated heterocycles. The third kappa shape index (κ3) is 3.01. The second kappa shape index (κ2) is 5.62. The molecule has 0 aliphatic rings. The first-order valence-corrected chi connectivity index (χ1v) is 4.83. The Bertz CT molecular complexity index is 272. The van der Waals surface area contributed by atoms with Gasteiger partial charge in [-0.15, -0.1) is 0 Å². The highest BCUT2D eigenvalue weighted by Crippen LogP contribution is 2.15. The van der Waals surface area contributed by atoms with Gasteiger partial charge in [-0.2, -0.15) is 0 Å². The van der Waals surface area contributed by atoms with Crippen molar-refractivity contribution in [1.82, 2.24) is 0 Å². The lowest BCUT2D eigenvalue weighted by Gasteiger charge is -2.12. The molecule has 0 atom stereocenters. The Balaban J connectivity index is 2.65. The van der Waals surface area contributed by atoms with Crippen LogP contribution in [0.3, 0.4) is 0 Å². The molecule has 0 bridgehead atoms. The van der Waals surface area contributed by atoms with Gasteiger partial charge in [0.05, 0.1) is 7.11 Å². The van der Waals surface area contributed by atoms with Crippen LogP contribution in [0.4, 0.5) is 0 Å². The molecule has 0 aromatic heterocycles. The van der Waals surface area contributed by atoms with Gasteiger partial charge in [-0.1, -0.05) is 12.1 Å². The van der Waals surface area contributed by atoms with E-state index in [4.69, 9.17) is 16.2 Å². The fourth-order valence-corrected chi connectivity index (χ4v) is 1.40. The van der Waals surface area contributed by atoms with Gasteiger partial charge in [-0.05, 0) is 43.1 Å². The summed E-state index contributed by atoms with van der Waals surface area (Å²) in [4.78, 5) is 0. The van der Waals surface area contributed by atoms with Crippen molar-refractivity contribution >= 4 is 0 Å². The molecule has 0 heterocycles. The van der Waals surface area contributed by atoms with Gasteiger partial charge in [0.15, 0.2) is 0 Å². The van der Waals surface area contributed by atoms with Crippen LogP contribution >= 0.6 is 0 Å². The molecular formula is C11H18N2O. The Kier molecular flexibility index (Phi) is 4.43. The topological polar surface area (TPSA) is 61.3 Å². The maximum absolute atomic E-state index is 5.59. The third-order valence-electron chi connectivity index (χ3n) is 2.33. The van der Waals surface area contributed by atoms with E-state index in [0.717, 1.165) is 12.2 Å². The Morgan fingerprint density at radius 2 is 2.00 bits per heavy atom. The zero-order valence-corrected chi connectivity index (χ0v) is 8.57. The van der Waals surface area contributed by atoms with E-state index >= 15 is 0 Å². The first kappa shape index (κ1) is 11.0. The van der Waals surface area contributed by atoms with Crippen LogP contribution in [0.1, 0.15) is 5.56 Å². The second-order valence-electron chi connectivity index (χ2n) is 3.39. The Morgan fingerprint density at radius 1 is 1.29 bits per heavy atom. The molecule has 0 aliphatic carbocycles. The zero-order chi connectivity index (χ0) is 10.4. The van der Waals surface area contributed by atoms with Crippen LogP contribution in [-0.2, 0) is 6.42 Å². The van der Waals surface area contributed by atoms with Gasteiger partial charge in [0.1, 0.15) is 5.75 Å². The van der Waals surface area contributed by atoms with E-state index in [1.807, 2.05) is 18.2 Å². The molecule has 0 saturated carbocycles. The fourth-order valence-electron chi connectivity index (χ4n) is 1.40. The van der Waals surface area contributed by atoms with Crippen molar-refractivity contribution in [2.24, 2.45) is 17.4 Å². The lowest BCUT2D eigenvalue weighted by atomic mass is 9.99. The lowest BCUT2D eigenvalue weighted by molar-refractivity contribution is 0.413. The van der Waals surface area contributed by atoms with Gasteiger partial charge in [0.25, 0.3) is 0 Å². The largest absolute Gasteiger partial charge is 0.497 e. The Labute approximate surface area is 85.0 Å². The van der Waals surface area contributed by atoms with E-state index in [-0.39, 0.29) is 0 Å². The highest BCUT2D eigenvalue weighted by Gasteiger charge is 2.05. The third-order valence-corrected chi connectivity index (χ3v) is 2.33. The van der Waals surface area contributed by atoms with E-state index in [0.29, 0.717) is 19.0 Å². The molecular weight excluding hydrogens is 176 g/mol. The van der Waals surface area contributed by atoms with E-state index in [9.17, 15) is 0 Å². The predicted octanol–water partition coefficient (Wildman–Crippen LogP) is 0.771. The molecule has 78 valence electrons. The van der Waals surface area contributed by atoms with E-state index in [2.05, 4.69) is 6.07 Å². The van der Waals surface area contributed by atoms with Crippen LogP contribution in [0.25, 0.3) is 0 Å². The van der Waals surface area contributed by atoms with E-state index in [1.54, 1.807) is 7.11 Å². The molecule has 1 rings (SSSR count). The van der Waals surface area contributed by atoms with Gasteiger partial charge < -0.3 is 16.2 Å². The van der Waals surface area contributed by atoms with Crippen LogP contribution in [0, 0.1) is 5.92 Å². The minimum atomic E-state index is 0.363. The summed E-state index contributed by atoms with van der Waals surface area (Å²) in [5.41, 5.74) is 12.4. The minimum Gasteiger partial charge on any atom is -0.497 e. The van der Waals surface area contributed by atoms with Crippen molar-refractivity contribution in [3.8, 4) is 5.75 Å². The zero-order valence-electron chi connectivity index (χ0n) is 8.57. The minimum absolute atomic E-state index is 0.363.